The van der Waals surface area contributed by atoms with Crippen LogP contribution in [-0.2, 0) is 0 Å². The minimum atomic E-state index is -0.188. The zero-order valence-corrected chi connectivity index (χ0v) is 11.6. The lowest BCUT2D eigenvalue weighted by Crippen LogP contribution is -2.08. The summed E-state index contributed by atoms with van der Waals surface area (Å²) in [7, 11) is 0. The second kappa shape index (κ2) is 9.82. The van der Waals surface area contributed by atoms with E-state index in [1.165, 1.54) is 6.42 Å². The minimum absolute atomic E-state index is 0.185. The Balaban J connectivity index is 3.22. The van der Waals surface area contributed by atoms with Crippen LogP contribution in [0, 0.1) is 5.92 Å². The quantitative estimate of drug-likeness (QED) is 0.618. The average Bonchev–Trinajstić information content (AvgIpc) is 2.11. The van der Waals surface area contributed by atoms with Crippen molar-refractivity contribution in [1.82, 2.24) is 0 Å². The molecular weight excluding hydrogens is 228 g/mol. The molecule has 2 nitrogen and oxygen atoms in total. The van der Waals surface area contributed by atoms with E-state index in [9.17, 15) is 0 Å². The van der Waals surface area contributed by atoms with E-state index in [1.54, 1.807) is 0 Å². The lowest BCUT2D eigenvalue weighted by molar-refractivity contribution is 0.220. The number of aliphatic hydroxyl groups is 2. The minimum Gasteiger partial charge on any atom is -0.393 e. The van der Waals surface area contributed by atoms with Crippen LogP contribution in [0.25, 0.3) is 0 Å². The van der Waals surface area contributed by atoms with Crippen LogP contribution in [-0.4, -0.2) is 45.4 Å². The molecule has 0 bridgehead atoms. The molecule has 0 spiro atoms. The molecule has 3 atom stereocenters. The van der Waals surface area contributed by atoms with Crippen molar-refractivity contribution >= 4 is 23.5 Å². The van der Waals surface area contributed by atoms with E-state index < -0.39 is 0 Å². The number of hydrogen-bond acceptors (Lipinski definition) is 4. The van der Waals surface area contributed by atoms with E-state index in [-0.39, 0.29) is 12.2 Å². The van der Waals surface area contributed by atoms with Crippen LogP contribution in [0.5, 0.6) is 0 Å². The largest absolute Gasteiger partial charge is 0.393 e. The van der Waals surface area contributed by atoms with Gasteiger partial charge in [0.1, 0.15) is 0 Å². The van der Waals surface area contributed by atoms with Gasteiger partial charge < -0.3 is 10.2 Å². The second-order valence-electron chi connectivity index (χ2n) is 4.20. The Morgan fingerprint density at radius 1 is 0.867 bits per heavy atom. The van der Waals surface area contributed by atoms with E-state index >= 15 is 0 Å². The first-order valence-electron chi connectivity index (χ1n) is 5.54. The van der Waals surface area contributed by atoms with E-state index in [0.29, 0.717) is 5.92 Å². The lowest BCUT2D eigenvalue weighted by atomic mass is 10.2. The Bertz CT molecular complexity index is 141. The van der Waals surface area contributed by atoms with Crippen LogP contribution in [0.2, 0.25) is 0 Å². The van der Waals surface area contributed by atoms with Gasteiger partial charge in [-0.25, -0.2) is 0 Å². The maximum Gasteiger partial charge on any atom is 0.0602 e. The smallest absolute Gasteiger partial charge is 0.0602 e. The highest BCUT2D eigenvalue weighted by Crippen LogP contribution is 2.16. The van der Waals surface area contributed by atoms with Gasteiger partial charge >= 0.3 is 0 Å². The third kappa shape index (κ3) is 12.6. The monoisotopic (exact) mass is 252 g/mol. The SMILES string of the molecule is CC(O)CSCCC(C)CSCC(C)O. The summed E-state index contributed by atoms with van der Waals surface area (Å²) in [6, 6.07) is 0. The summed E-state index contributed by atoms with van der Waals surface area (Å²) in [5.41, 5.74) is 0. The second-order valence-corrected chi connectivity index (χ2v) is 6.43. The Kier molecular flexibility index (Phi) is 10.2. The van der Waals surface area contributed by atoms with Crippen molar-refractivity contribution in [1.29, 1.82) is 0 Å². The summed E-state index contributed by atoms with van der Waals surface area (Å²) >= 11 is 3.65. The van der Waals surface area contributed by atoms with Crippen molar-refractivity contribution in [3.8, 4) is 0 Å². The Morgan fingerprint density at radius 2 is 1.40 bits per heavy atom. The zero-order valence-electron chi connectivity index (χ0n) is 9.98. The van der Waals surface area contributed by atoms with Crippen LogP contribution < -0.4 is 0 Å². The molecule has 0 aliphatic carbocycles. The topological polar surface area (TPSA) is 40.5 Å². The molecule has 0 saturated heterocycles. The molecule has 15 heavy (non-hydrogen) atoms. The van der Waals surface area contributed by atoms with Crippen molar-refractivity contribution in [2.24, 2.45) is 5.92 Å². The molecule has 3 unspecified atom stereocenters. The molecule has 0 rings (SSSR count). The molecule has 2 N–H and O–H groups in total. The van der Waals surface area contributed by atoms with E-state index in [1.807, 2.05) is 37.4 Å². The Labute approximate surface area is 102 Å². The number of hydrogen-bond donors (Lipinski definition) is 2. The van der Waals surface area contributed by atoms with Gasteiger partial charge in [0, 0.05) is 11.5 Å². The van der Waals surface area contributed by atoms with Crippen LogP contribution in [0.4, 0.5) is 0 Å². The van der Waals surface area contributed by atoms with Gasteiger partial charge in [-0.2, -0.15) is 23.5 Å². The predicted octanol–water partition coefficient (Wildman–Crippen LogP) is 2.24. The fourth-order valence-electron chi connectivity index (χ4n) is 1.06. The third-order valence-corrected chi connectivity index (χ3v) is 4.64. The van der Waals surface area contributed by atoms with Gasteiger partial charge in [0.25, 0.3) is 0 Å². The Morgan fingerprint density at radius 3 is 1.93 bits per heavy atom. The van der Waals surface area contributed by atoms with Crippen LogP contribution >= 0.6 is 23.5 Å². The Hall–Kier alpha value is 0.620. The fraction of sp³-hybridized carbons (Fsp3) is 1.00. The van der Waals surface area contributed by atoms with Gasteiger partial charge in [-0.3, -0.25) is 0 Å². The van der Waals surface area contributed by atoms with Gasteiger partial charge in [0.15, 0.2) is 0 Å². The molecule has 0 aliphatic rings. The third-order valence-electron chi connectivity index (χ3n) is 1.88. The van der Waals surface area contributed by atoms with Gasteiger partial charge in [0.2, 0.25) is 0 Å². The van der Waals surface area contributed by atoms with Crippen LogP contribution in [0.3, 0.4) is 0 Å². The molecule has 0 amide bonds. The maximum absolute atomic E-state index is 9.09. The molecule has 0 fully saturated rings. The molecule has 0 saturated carbocycles. The van der Waals surface area contributed by atoms with E-state index in [4.69, 9.17) is 10.2 Å². The highest BCUT2D eigenvalue weighted by atomic mass is 32.2. The normalized spacial score (nSPS) is 17.4. The highest BCUT2D eigenvalue weighted by Gasteiger charge is 2.04. The average molecular weight is 252 g/mol. The predicted molar refractivity (Wildman–Crippen MR) is 71.8 cm³/mol. The van der Waals surface area contributed by atoms with Crippen LogP contribution in [0.15, 0.2) is 0 Å². The van der Waals surface area contributed by atoms with Crippen molar-refractivity contribution < 1.29 is 10.2 Å². The summed E-state index contributed by atoms with van der Waals surface area (Å²) in [6.45, 7) is 5.91. The number of rotatable bonds is 9. The standard InChI is InChI=1S/C11H24O2S2/c1-9(6-15-8-11(3)13)4-5-14-7-10(2)12/h9-13H,4-8H2,1-3H3. The van der Waals surface area contributed by atoms with Gasteiger partial charge in [-0.1, -0.05) is 6.92 Å². The molecule has 0 radical (unpaired) electrons. The van der Waals surface area contributed by atoms with Crippen molar-refractivity contribution in [3.63, 3.8) is 0 Å². The van der Waals surface area contributed by atoms with E-state index in [0.717, 1.165) is 23.0 Å². The van der Waals surface area contributed by atoms with E-state index in [2.05, 4.69) is 6.92 Å². The number of thioether (sulfide) groups is 2. The summed E-state index contributed by atoms with van der Waals surface area (Å²) in [5, 5.41) is 18.2. The molecule has 0 aliphatic heterocycles. The summed E-state index contributed by atoms with van der Waals surface area (Å²) in [6.07, 6.45) is 0.825. The van der Waals surface area contributed by atoms with Gasteiger partial charge in [-0.05, 0) is 37.7 Å². The van der Waals surface area contributed by atoms with Crippen molar-refractivity contribution in [3.05, 3.63) is 0 Å². The summed E-state index contributed by atoms with van der Waals surface area (Å²) < 4.78 is 0. The number of aliphatic hydroxyl groups excluding tert-OH is 2. The first-order chi connectivity index (χ1) is 7.02. The highest BCUT2D eigenvalue weighted by molar-refractivity contribution is 7.99. The first kappa shape index (κ1) is 15.6. The van der Waals surface area contributed by atoms with Crippen molar-refractivity contribution in [2.45, 2.75) is 39.4 Å². The van der Waals surface area contributed by atoms with Crippen molar-refractivity contribution in [2.75, 3.05) is 23.0 Å². The first-order valence-corrected chi connectivity index (χ1v) is 7.85. The zero-order chi connectivity index (χ0) is 11.7. The summed E-state index contributed by atoms with van der Waals surface area (Å²) in [4.78, 5) is 0. The molecule has 92 valence electrons. The molecule has 0 aromatic carbocycles. The molecule has 0 aromatic rings. The van der Waals surface area contributed by atoms with Crippen LogP contribution in [0.1, 0.15) is 27.2 Å². The van der Waals surface area contributed by atoms with Gasteiger partial charge in [-0.15, -0.1) is 0 Å². The summed E-state index contributed by atoms with van der Waals surface area (Å²) in [5.74, 6) is 4.63. The maximum atomic E-state index is 9.09. The fourth-order valence-corrected chi connectivity index (χ4v) is 3.18. The molecular formula is C11H24O2S2. The molecule has 0 heterocycles. The molecule has 0 aromatic heterocycles. The lowest BCUT2D eigenvalue weighted by Gasteiger charge is -2.11. The van der Waals surface area contributed by atoms with Gasteiger partial charge in [0.05, 0.1) is 12.2 Å². The molecule has 4 heteroatoms.